The maximum atomic E-state index is 12.3. The SMILES string of the molecule is O=C(NCC1(c2cccc(Cl)c2)CCO1)N[C@H]1C[C@@H]2CC[C@H]1C2. The van der Waals surface area contributed by atoms with Crippen molar-refractivity contribution in [1.82, 2.24) is 10.6 Å². The summed E-state index contributed by atoms with van der Waals surface area (Å²) in [5.41, 5.74) is 0.619. The van der Waals surface area contributed by atoms with Crippen molar-refractivity contribution in [2.45, 2.75) is 43.7 Å². The van der Waals surface area contributed by atoms with E-state index in [1.807, 2.05) is 24.3 Å². The fourth-order valence-electron chi connectivity index (χ4n) is 4.45. The van der Waals surface area contributed by atoms with Gasteiger partial charge in [-0.25, -0.2) is 4.79 Å². The first-order valence-corrected chi connectivity index (χ1v) is 8.97. The number of urea groups is 1. The minimum atomic E-state index is -0.420. The lowest BCUT2D eigenvalue weighted by Crippen LogP contribution is -2.53. The third-order valence-corrected chi connectivity index (χ3v) is 6.06. The molecule has 1 aromatic carbocycles. The van der Waals surface area contributed by atoms with Gasteiger partial charge in [0.05, 0.1) is 13.2 Å². The van der Waals surface area contributed by atoms with E-state index in [-0.39, 0.29) is 6.03 Å². The molecule has 2 amide bonds. The highest BCUT2D eigenvalue weighted by atomic mass is 35.5. The number of rotatable bonds is 4. The van der Waals surface area contributed by atoms with Gasteiger partial charge in [0.15, 0.2) is 0 Å². The Hall–Kier alpha value is -1.26. The number of amides is 2. The summed E-state index contributed by atoms with van der Waals surface area (Å²) in [4.78, 5) is 12.3. The number of halogens is 1. The van der Waals surface area contributed by atoms with Crippen LogP contribution in [0.3, 0.4) is 0 Å². The van der Waals surface area contributed by atoms with Gasteiger partial charge in [-0.05, 0) is 48.8 Å². The minimum Gasteiger partial charge on any atom is -0.368 e. The average Bonchev–Trinajstić information content (AvgIpc) is 3.09. The van der Waals surface area contributed by atoms with Crippen LogP contribution >= 0.6 is 11.6 Å². The molecule has 23 heavy (non-hydrogen) atoms. The molecule has 0 radical (unpaired) electrons. The highest BCUT2D eigenvalue weighted by Crippen LogP contribution is 2.44. The number of hydrogen-bond donors (Lipinski definition) is 2. The van der Waals surface area contributed by atoms with Crippen molar-refractivity contribution in [3.05, 3.63) is 34.9 Å². The van der Waals surface area contributed by atoms with Crippen molar-refractivity contribution < 1.29 is 9.53 Å². The number of ether oxygens (including phenoxy) is 1. The molecule has 3 aliphatic rings. The molecule has 4 nitrogen and oxygen atoms in total. The average molecular weight is 335 g/mol. The second-order valence-electron chi connectivity index (χ2n) is 7.21. The summed E-state index contributed by atoms with van der Waals surface area (Å²) in [6, 6.07) is 8.01. The molecule has 4 atom stereocenters. The van der Waals surface area contributed by atoms with Crippen molar-refractivity contribution in [1.29, 1.82) is 0 Å². The normalized spacial score (nSPS) is 34.9. The summed E-state index contributed by atoms with van der Waals surface area (Å²) in [7, 11) is 0. The van der Waals surface area contributed by atoms with Crippen LogP contribution in [0.4, 0.5) is 4.79 Å². The molecular weight excluding hydrogens is 312 g/mol. The second kappa shape index (κ2) is 5.99. The topological polar surface area (TPSA) is 50.4 Å². The molecule has 0 aromatic heterocycles. The Morgan fingerprint density at radius 3 is 2.83 bits per heavy atom. The van der Waals surface area contributed by atoms with Crippen molar-refractivity contribution >= 4 is 17.6 Å². The number of nitrogens with one attached hydrogen (secondary N) is 2. The molecule has 1 unspecified atom stereocenters. The maximum Gasteiger partial charge on any atom is 0.315 e. The monoisotopic (exact) mass is 334 g/mol. The van der Waals surface area contributed by atoms with Gasteiger partial charge in [-0.3, -0.25) is 0 Å². The lowest BCUT2D eigenvalue weighted by Gasteiger charge is -2.42. The molecule has 4 rings (SSSR count). The Morgan fingerprint density at radius 2 is 2.22 bits per heavy atom. The molecule has 2 aliphatic carbocycles. The van der Waals surface area contributed by atoms with Gasteiger partial charge >= 0.3 is 6.03 Å². The molecule has 2 N–H and O–H groups in total. The molecule has 1 heterocycles. The Kier molecular flexibility index (Phi) is 3.98. The van der Waals surface area contributed by atoms with Gasteiger partial charge < -0.3 is 15.4 Å². The molecule has 2 bridgehead atoms. The van der Waals surface area contributed by atoms with Gasteiger partial charge in [-0.15, -0.1) is 0 Å². The molecule has 5 heteroatoms. The van der Waals surface area contributed by atoms with Gasteiger partial charge in [0.1, 0.15) is 5.60 Å². The summed E-state index contributed by atoms with van der Waals surface area (Å²) >= 11 is 6.09. The third-order valence-electron chi connectivity index (χ3n) is 5.82. The number of fused-ring (bicyclic) bond motifs is 2. The summed E-state index contributed by atoms with van der Waals surface area (Å²) in [5.74, 6) is 1.52. The van der Waals surface area contributed by atoms with Gasteiger partial charge in [-0.2, -0.15) is 0 Å². The fraction of sp³-hybridized carbons (Fsp3) is 0.611. The van der Waals surface area contributed by atoms with Crippen LogP contribution in [0.5, 0.6) is 0 Å². The third kappa shape index (κ3) is 2.94. The number of carbonyl (C=O) groups excluding carboxylic acids is 1. The van der Waals surface area contributed by atoms with Crippen LogP contribution in [0.15, 0.2) is 24.3 Å². The molecule has 2 saturated carbocycles. The molecule has 3 fully saturated rings. The van der Waals surface area contributed by atoms with Gasteiger partial charge in [0.25, 0.3) is 0 Å². The maximum absolute atomic E-state index is 12.3. The Labute approximate surface area is 141 Å². The van der Waals surface area contributed by atoms with Gasteiger partial charge in [0.2, 0.25) is 0 Å². The Morgan fingerprint density at radius 1 is 1.35 bits per heavy atom. The van der Waals surface area contributed by atoms with Crippen molar-refractivity contribution in [3.63, 3.8) is 0 Å². The molecule has 1 aliphatic heterocycles. The molecule has 0 spiro atoms. The predicted molar refractivity (Wildman–Crippen MR) is 89.5 cm³/mol. The largest absolute Gasteiger partial charge is 0.368 e. The van der Waals surface area contributed by atoms with E-state index in [4.69, 9.17) is 16.3 Å². The van der Waals surface area contributed by atoms with Crippen LogP contribution in [0.2, 0.25) is 5.02 Å². The van der Waals surface area contributed by atoms with Crippen LogP contribution in [0.1, 0.15) is 37.7 Å². The first kappa shape index (κ1) is 15.3. The minimum absolute atomic E-state index is 0.0700. The van der Waals surface area contributed by atoms with E-state index in [9.17, 15) is 4.79 Å². The summed E-state index contributed by atoms with van der Waals surface area (Å²) in [6.07, 6.45) is 5.96. The summed E-state index contributed by atoms with van der Waals surface area (Å²) in [5, 5.41) is 6.87. The fourth-order valence-corrected chi connectivity index (χ4v) is 4.64. The van der Waals surface area contributed by atoms with Crippen LogP contribution in [0.25, 0.3) is 0 Å². The first-order chi connectivity index (χ1) is 11.1. The van der Waals surface area contributed by atoms with E-state index < -0.39 is 5.60 Å². The zero-order valence-electron chi connectivity index (χ0n) is 13.2. The van der Waals surface area contributed by atoms with E-state index in [1.54, 1.807) is 0 Å². The van der Waals surface area contributed by atoms with Crippen molar-refractivity contribution in [2.24, 2.45) is 11.8 Å². The molecule has 1 aromatic rings. The number of carbonyl (C=O) groups is 1. The van der Waals surface area contributed by atoms with E-state index in [0.717, 1.165) is 30.9 Å². The lowest BCUT2D eigenvalue weighted by molar-refractivity contribution is -0.149. The summed E-state index contributed by atoms with van der Waals surface area (Å²) < 4.78 is 5.83. The highest BCUT2D eigenvalue weighted by Gasteiger charge is 2.42. The molecular formula is C18H23ClN2O2. The predicted octanol–water partition coefficient (Wildman–Crippen LogP) is 3.44. The Bertz CT molecular complexity index is 602. The zero-order chi connectivity index (χ0) is 15.9. The van der Waals surface area contributed by atoms with E-state index in [2.05, 4.69) is 10.6 Å². The standard InChI is InChI=1S/C18H23ClN2O2/c19-15-3-1-2-14(10-15)18(6-7-23-18)11-20-17(22)21-16-9-12-4-5-13(16)8-12/h1-3,10,12-13,16H,4-9,11H2,(H2,20,21,22)/t12-,13+,16+,18?/m1/s1. The number of hydrogen-bond acceptors (Lipinski definition) is 2. The Balaban J connectivity index is 1.35. The van der Waals surface area contributed by atoms with Crippen LogP contribution < -0.4 is 10.6 Å². The van der Waals surface area contributed by atoms with E-state index in [0.29, 0.717) is 23.5 Å². The van der Waals surface area contributed by atoms with Crippen LogP contribution in [-0.2, 0) is 10.3 Å². The van der Waals surface area contributed by atoms with E-state index >= 15 is 0 Å². The molecule has 124 valence electrons. The molecule has 1 saturated heterocycles. The van der Waals surface area contributed by atoms with Crippen LogP contribution in [-0.4, -0.2) is 25.2 Å². The van der Waals surface area contributed by atoms with E-state index in [1.165, 1.54) is 19.3 Å². The number of benzene rings is 1. The quantitative estimate of drug-likeness (QED) is 0.886. The first-order valence-electron chi connectivity index (χ1n) is 8.59. The van der Waals surface area contributed by atoms with Crippen molar-refractivity contribution in [2.75, 3.05) is 13.2 Å². The second-order valence-corrected chi connectivity index (χ2v) is 7.65. The zero-order valence-corrected chi connectivity index (χ0v) is 13.9. The van der Waals surface area contributed by atoms with Gasteiger partial charge in [0, 0.05) is 17.5 Å². The lowest BCUT2D eigenvalue weighted by atomic mass is 9.86. The van der Waals surface area contributed by atoms with Crippen LogP contribution in [0, 0.1) is 11.8 Å². The highest BCUT2D eigenvalue weighted by molar-refractivity contribution is 6.30. The van der Waals surface area contributed by atoms with Crippen molar-refractivity contribution in [3.8, 4) is 0 Å². The van der Waals surface area contributed by atoms with Gasteiger partial charge in [-0.1, -0.05) is 30.2 Å². The summed E-state index contributed by atoms with van der Waals surface area (Å²) in [6.45, 7) is 1.21. The smallest absolute Gasteiger partial charge is 0.315 e.